The predicted molar refractivity (Wildman–Crippen MR) is 93.1 cm³/mol. The van der Waals surface area contributed by atoms with Gasteiger partial charge in [-0.25, -0.2) is 13.8 Å². The third kappa shape index (κ3) is 3.78. The molecule has 0 saturated heterocycles. The Morgan fingerprint density at radius 1 is 1.15 bits per heavy atom. The monoisotopic (exact) mass is 382 g/mol. The summed E-state index contributed by atoms with van der Waals surface area (Å²) in [5.41, 5.74) is 1.61. The molecule has 0 aliphatic heterocycles. The van der Waals surface area contributed by atoms with Gasteiger partial charge in [-0.1, -0.05) is 29.8 Å². The van der Waals surface area contributed by atoms with Crippen LogP contribution in [0.2, 0.25) is 0 Å². The number of hydrogen-bond acceptors (Lipinski definition) is 5. The van der Waals surface area contributed by atoms with Crippen molar-refractivity contribution in [2.45, 2.75) is 24.2 Å². The lowest BCUT2D eigenvalue weighted by Gasteiger charge is -2.29. The first-order valence-corrected chi connectivity index (χ1v) is 8.50. The molecule has 2 aromatic heterocycles. The number of halogens is 3. The lowest BCUT2D eigenvalue weighted by atomic mass is 10.1. The molecule has 26 heavy (non-hydrogen) atoms. The summed E-state index contributed by atoms with van der Waals surface area (Å²) in [5, 5.41) is 4.68. The van der Waals surface area contributed by atoms with Gasteiger partial charge in [0.05, 0.1) is 13.3 Å². The van der Waals surface area contributed by atoms with E-state index >= 15 is 0 Å². The van der Waals surface area contributed by atoms with Gasteiger partial charge in [0.1, 0.15) is 11.1 Å². The number of ether oxygens (including phenoxy) is 1. The molecule has 0 unspecified atom stereocenters. The van der Waals surface area contributed by atoms with Gasteiger partial charge in [0, 0.05) is 6.07 Å². The zero-order chi connectivity index (χ0) is 18.9. The van der Waals surface area contributed by atoms with Crippen molar-refractivity contribution >= 4 is 17.6 Å². The van der Waals surface area contributed by atoms with E-state index in [0.29, 0.717) is 16.6 Å². The number of methoxy groups -OCH3 is 1. The second-order valence-corrected chi connectivity index (χ2v) is 6.91. The molecular weight excluding hydrogens is 365 g/mol. The first kappa shape index (κ1) is 18.5. The predicted octanol–water partition coefficient (Wildman–Crippen LogP) is 4.29. The van der Waals surface area contributed by atoms with Gasteiger partial charge < -0.3 is 4.74 Å². The maximum absolute atomic E-state index is 13.7. The summed E-state index contributed by atoms with van der Waals surface area (Å²) in [5.74, 6) is 0.353. The zero-order valence-electron chi connectivity index (χ0n) is 14.4. The number of fused-ring (bicyclic) bond motifs is 1. The summed E-state index contributed by atoms with van der Waals surface area (Å²) in [6.07, 6.45) is -2.94. The van der Waals surface area contributed by atoms with Gasteiger partial charge >= 0.3 is 6.18 Å². The van der Waals surface area contributed by atoms with Crippen molar-refractivity contribution in [3.05, 3.63) is 53.7 Å². The topological polar surface area (TPSA) is 42.7 Å². The highest BCUT2D eigenvalue weighted by Gasteiger charge is 2.44. The maximum Gasteiger partial charge on any atom is 0.408 e. The minimum Gasteiger partial charge on any atom is -0.480 e. The number of aromatic nitrogens is 3. The van der Waals surface area contributed by atoms with Crippen molar-refractivity contribution in [2.24, 2.45) is 0 Å². The molecule has 9 heteroatoms. The van der Waals surface area contributed by atoms with Crippen LogP contribution in [-0.2, 0) is 0 Å². The summed E-state index contributed by atoms with van der Waals surface area (Å²) in [4.78, 5) is 4.17. The molecule has 0 N–H and O–H groups in total. The van der Waals surface area contributed by atoms with E-state index < -0.39 is 12.2 Å². The van der Waals surface area contributed by atoms with Crippen LogP contribution in [0.5, 0.6) is 5.88 Å². The smallest absolute Gasteiger partial charge is 0.408 e. The number of benzene rings is 1. The molecule has 3 aromatic rings. The number of rotatable bonds is 5. The van der Waals surface area contributed by atoms with E-state index in [2.05, 4.69) is 10.1 Å². The Kier molecular flexibility index (Phi) is 5.10. The van der Waals surface area contributed by atoms with Gasteiger partial charge in [-0.05, 0) is 37.5 Å². The van der Waals surface area contributed by atoms with E-state index in [9.17, 15) is 13.2 Å². The van der Waals surface area contributed by atoms with Gasteiger partial charge in [0.15, 0.2) is 5.65 Å². The third-order valence-corrected chi connectivity index (χ3v) is 4.78. The van der Waals surface area contributed by atoms with Crippen molar-refractivity contribution in [1.82, 2.24) is 18.9 Å². The molecule has 0 aliphatic carbocycles. The van der Waals surface area contributed by atoms with Crippen LogP contribution in [0, 0.1) is 6.92 Å². The number of alkyl halides is 3. The van der Waals surface area contributed by atoms with Crippen LogP contribution in [0.25, 0.3) is 5.65 Å². The highest BCUT2D eigenvalue weighted by molar-refractivity contribution is 7.97. The van der Waals surface area contributed by atoms with Crippen molar-refractivity contribution in [3.63, 3.8) is 0 Å². The van der Waals surface area contributed by atoms with Gasteiger partial charge in [-0.2, -0.15) is 13.2 Å². The van der Waals surface area contributed by atoms with Crippen LogP contribution in [-0.4, -0.2) is 39.2 Å². The Morgan fingerprint density at radius 2 is 1.85 bits per heavy atom. The highest BCUT2D eigenvalue weighted by atomic mass is 32.2. The van der Waals surface area contributed by atoms with Crippen LogP contribution < -0.4 is 4.74 Å². The van der Waals surface area contributed by atoms with Crippen LogP contribution in [0.4, 0.5) is 13.2 Å². The Labute approximate surface area is 152 Å². The number of nitrogens with zero attached hydrogens (tertiary/aromatic N) is 4. The molecule has 0 radical (unpaired) electrons. The molecule has 0 saturated carbocycles. The van der Waals surface area contributed by atoms with Gasteiger partial charge in [0.25, 0.3) is 0 Å². The van der Waals surface area contributed by atoms with Crippen LogP contribution in [0.15, 0.2) is 47.6 Å². The molecule has 0 fully saturated rings. The van der Waals surface area contributed by atoms with Crippen molar-refractivity contribution in [2.75, 3.05) is 14.2 Å². The highest BCUT2D eigenvalue weighted by Crippen LogP contribution is 2.41. The molecule has 0 amide bonds. The Morgan fingerprint density at radius 3 is 2.46 bits per heavy atom. The molecular formula is C17H17F3N4OS. The fourth-order valence-electron chi connectivity index (χ4n) is 2.56. The summed E-state index contributed by atoms with van der Waals surface area (Å²) in [7, 11) is 2.88. The van der Waals surface area contributed by atoms with Crippen LogP contribution >= 0.6 is 11.9 Å². The summed E-state index contributed by atoms with van der Waals surface area (Å²) < 4.78 is 48.8. The summed E-state index contributed by atoms with van der Waals surface area (Å²) in [6, 6.07) is 7.92. The van der Waals surface area contributed by atoms with Crippen molar-refractivity contribution in [1.29, 1.82) is 0 Å². The Balaban J connectivity index is 1.93. The number of hydrogen-bond donors (Lipinski definition) is 0. The maximum atomic E-state index is 13.7. The second-order valence-electron chi connectivity index (χ2n) is 5.73. The van der Waals surface area contributed by atoms with Gasteiger partial charge in [-0.15, -0.1) is 5.10 Å². The average Bonchev–Trinajstić information content (AvgIpc) is 2.97. The minimum absolute atomic E-state index is 0.178. The first-order valence-electron chi connectivity index (χ1n) is 7.72. The largest absolute Gasteiger partial charge is 0.480 e. The average molecular weight is 382 g/mol. The van der Waals surface area contributed by atoms with Gasteiger partial charge in [0.2, 0.25) is 5.88 Å². The van der Waals surface area contributed by atoms with Crippen LogP contribution in [0.1, 0.15) is 17.2 Å². The Bertz CT molecular complexity index is 895. The molecule has 2 heterocycles. The molecule has 0 bridgehead atoms. The third-order valence-electron chi connectivity index (χ3n) is 3.82. The first-order chi connectivity index (χ1) is 12.3. The summed E-state index contributed by atoms with van der Waals surface area (Å²) in [6.45, 7) is 1.84. The molecule has 0 aliphatic rings. The standard InChI is InChI=1S/C17H17F3N4OS/c1-11-4-6-12(7-5-11)16(17(18,19)20)23(2)26-15-10-21-13-8-9-14(25-3)22-24(13)15/h4-10,16H,1-3H3/t16-/m1/s1. The Hall–Kier alpha value is -2.26. The van der Waals surface area contributed by atoms with Crippen molar-refractivity contribution in [3.8, 4) is 5.88 Å². The molecule has 5 nitrogen and oxygen atoms in total. The van der Waals surface area contributed by atoms with Gasteiger partial charge in [-0.3, -0.25) is 0 Å². The molecule has 0 spiro atoms. The van der Waals surface area contributed by atoms with Crippen molar-refractivity contribution < 1.29 is 17.9 Å². The van der Waals surface area contributed by atoms with Crippen LogP contribution in [0.3, 0.4) is 0 Å². The minimum atomic E-state index is -4.43. The second kappa shape index (κ2) is 7.16. The molecule has 3 rings (SSSR count). The summed E-state index contributed by atoms with van der Waals surface area (Å²) >= 11 is 0.929. The quantitative estimate of drug-likeness (QED) is 0.616. The van der Waals surface area contributed by atoms with E-state index in [-0.39, 0.29) is 5.56 Å². The lowest BCUT2D eigenvalue weighted by molar-refractivity contribution is -0.169. The number of aryl methyl sites for hydroxylation is 1. The zero-order valence-corrected chi connectivity index (χ0v) is 15.2. The SMILES string of the molecule is COc1ccc2ncc(SN(C)[C@H](c3ccc(C)cc3)C(F)(F)F)n2n1. The molecule has 1 atom stereocenters. The molecule has 1 aromatic carbocycles. The number of imidazole rings is 1. The van der Waals surface area contributed by atoms with E-state index in [1.807, 2.05) is 6.92 Å². The lowest BCUT2D eigenvalue weighted by Crippen LogP contribution is -2.32. The van der Waals surface area contributed by atoms with E-state index in [1.165, 1.54) is 37.0 Å². The normalized spacial score (nSPS) is 13.3. The molecule has 138 valence electrons. The van der Waals surface area contributed by atoms with E-state index in [4.69, 9.17) is 4.74 Å². The fourth-order valence-corrected chi connectivity index (χ4v) is 3.51. The fraction of sp³-hybridized carbons (Fsp3) is 0.294. The van der Waals surface area contributed by atoms with E-state index in [0.717, 1.165) is 21.8 Å². The van der Waals surface area contributed by atoms with E-state index in [1.54, 1.807) is 24.3 Å².